The molecule has 23 heavy (non-hydrogen) atoms. The van der Waals surface area contributed by atoms with E-state index < -0.39 is 22.6 Å². The molecule has 3 rings (SSSR count). The molecular formula is C16H12ClNO4S. The number of nitrogens with one attached hydrogen (secondary N) is 1. The molecule has 0 spiro atoms. The van der Waals surface area contributed by atoms with Crippen LogP contribution in [0.1, 0.15) is 26.3 Å². The molecule has 0 bridgehead atoms. The largest absolute Gasteiger partial charge is 0.592 e. The van der Waals surface area contributed by atoms with Crippen molar-refractivity contribution < 1.29 is 19.2 Å². The number of aromatic carboxylic acids is 1. The maximum Gasteiger partial charge on any atom is 0.335 e. The monoisotopic (exact) mass is 349 g/mol. The molecule has 1 aliphatic rings. The summed E-state index contributed by atoms with van der Waals surface area (Å²) in [6.07, 6.45) is 0.260. The van der Waals surface area contributed by atoms with Crippen molar-refractivity contribution in [2.45, 2.75) is 11.7 Å². The van der Waals surface area contributed by atoms with Crippen LogP contribution in [0, 0.1) is 0 Å². The average Bonchev–Trinajstić information content (AvgIpc) is 2.51. The maximum absolute atomic E-state index is 12.6. The van der Waals surface area contributed by atoms with E-state index in [9.17, 15) is 14.1 Å². The first kappa shape index (κ1) is 15.9. The van der Waals surface area contributed by atoms with Crippen molar-refractivity contribution in [1.29, 1.82) is 0 Å². The van der Waals surface area contributed by atoms with Crippen LogP contribution < -0.4 is 4.72 Å². The van der Waals surface area contributed by atoms with Gasteiger partial charge in [0.1, 0.15) is 0 Å². The summed E-state index contributed by atoms with van der Waals surface area (Å²) in [7, 11) is 0. The second kappa shape index (κ2) is 6.23. The van der Waals surface area contributed by atoms with Gasteiger partial charge in [-0.2, -0.15) is 0 Å². The number of hydrogen-bond donors (Lipinski definition) is 2. The summed E-state index contributed by atoms with van der Waals surface area (Å²) < 4.78 is 15.1. The van der Waals surface area contributed by atoms with Crippen molar-refractivity contribution in [1.82, 2.24) is 0 Å². The minimum absolute atomic E-state index is 0.0214. The molecule has 2 aromatic carbocycles. The average molecular weight is 350 g/mol. The smallest absolute Gasteiger partial charge is 0.335 e. The van der Waals surface area contributed by atoms with E-state index in [1.165, 1.54) is 18.2 Å². The van der Waals surface area contributed by atoms with Crippen LogP contribution in [-0.2, 0) is 17.8 Å². The van der Waals surface area contributed by atoms with Crippen molar-refractivity contribution in [2.24, 2.45) is 0 Å². The lowest BCUT2D eigenvalue weighted by Crippen LogP contribution is -2.41. The molecule has 0 aliphatic carbocycles. The van der Waals surface area contributed by atoms with Crippen LogP contribution in [0.25, 0.3) is 0 Å². The molecule has 0 saturated heterocycles. The predicted octanol–water partition coefficient (Wildman–Crippen LogP) is 2.92. The van der Waals surface area contributed by atoms with Gasteiger partial charge in [-0.25, -0.2) is 9.52 Å². The number of Topliss-reactive ketones (excluding diaryl/α,β-unsaturated/α-hetero) is 1. The topological polar surface area (TPSA) is 89.5 Å². The number of hydrogen-bond acceptors (Lipinski definition) is 4. The Kier molecular flexibility index (Phi) is 4.30. The molecule has 0 aromatic heterocycles. The molecule has 7 heteroatoms. The molecule has 0 amide bonds. The molecule has 2 unspecified atom stereocenters. The van der Waals surface area contributed by atoms with Gasteiger partial charge in [0.2, 0.25) is 11.0 Å². The van der Waals surface area contributed by atoms with Crippen LogP contribution in [0.3, 0.4) is 0 Å². The Hall–Kier alpha value is -2.02. The molecule has 2 aromatic rings. The van der Waals surface area contributed by atoms with E-state index in [4.69, 9.17) is 16.7 Å². The number of benzene rings is 2. The highest BCUT2D eigenvalue weighted by Crippen LogP contribution is 2.30. The predicted molar refractivity (Wildman–Crippen MR) is 88.4 cm³/mol. The van der Waals surface area contributed by atoms with Crippen molar-refractivity contribution in [3.63, 3.8) is 0 Å². The highest BCUT2D eigenvalue weighted by atomic mass is 35.5. The summed E-state index contributed by atoms with van der Waals surface area (Å²) in [5, 5.41) is 8.80. The lowest BCUT2D eigenvalue weighted by atomic mass is 9.99. The van der Waals surface area contributed by atoms with Gasteiger partial charge in [-0.15, -0.1) is 0 Å². The van der Waals surface area contributed by atoms with Gasteiger partial charge < -0.3 is 9.66 Å². The highest BCUT2D eigenvalue weighted by Gasteiger charge is 2.39. The van der Waals surface area contributed by atoms with Gasteiger partial charge in [0.25, 0.3) is 0 Å². The molecular weight excluding hydrogens is 338 g/mol. The standard InChI is InChI=1S/C16H12ClNO4S/c17-11-3-1-2-9(6-11)7-14-15(19)12-8-10(16(20)21)4-5-13(12)18-23(14)22/h1-6,8,14,18H,7H2,(H,20,21). The van der Waals surface area contributed by atoms with E-state index in [0.29, 0.717) is 10.7 Å². The number of ketones is 1. The number of anilines is 1. The molecule has 0 radical (unpaired) electrons. The Morgan fingerprint density at radius 1 is 1.30 bits per heavy atom. The van der Waals surface area contributed by atoms with Crippen LogP contribution >= 0.6 is 11.6 Å². The van der Waals surface area contributed by atoms with Gasteiger partial charge in [0.05, 0.1) is 28.2 Å². The van der Waals surface area contributed by atoms with E-state index in [0.717, 1.165) is 5.56 Å². The zero-order valence-corrected chi connectivity index (χ0v) is 13.4. The summed E-state index contributed by atoms with van der Waals surface area (Å²) in [5.74, 6) is -1.45. The third-order valence-electron chi connectivity index (χ3n) is 3.60. The Bertz CT molecular complexity index is 795. The molecule has 1 aliphatic heterocycles. The molecule has 0 saturated carbocycles. The van der Waals surface area contributed by atoms with Crippen LogP contribution in [0.5, 0.6) is 0 Å². The van der Waals surface area contributed by atoms with Crippen molar-refractivity contribution in [3.05, 3.63) is 64.2 Å². The highest BCUT2D eigenvalue weighted by molar-refractivity contribution is 7.94. The third-order valence-corrected chi connectivity index (χ3v) is 5.16. The van der Waals surface area contributed by atoms with Crippen LogP contribution in [-0.4, -0.2) is 26.7 Å². The minimum Gasteiger partial charge on any atom is -0.592 e. The van der Waals surface area contributed by atoms with Gasteiger partial charge in [-0.3, -0.25) is 4.79 Å². The lowest BCUT2D eigenvalue weighted by Gasteiger charge is -2.27. The summed E-state index contributed by atoms with van der Waals surface area (Å²) in [6, 6.07) is 11.2. The van der Waals surface area contributed by atoms with Crippen LogP contribution in [0.4, 0.5) is 5.69 Å². The second-order valence-corrected chi connectivity index (χ2v) is 6.96. The minimum atomic E-state index is -1.58. The van der Waals surface area contributed by atoms with E-state index in [-0.39, 0.29) is 23.3 Å². The van der Waals surface area contributed by atoms with E-state index in [1.807, 2.05) is 0 Å². The third kappa shape index (κ3) is 3.19. The van der Waals surface area contributed by atoms with E-state index in [2.05, 4.69) is 4.72 Å². The first-order valence-corrected chi connectivity index (χ1v) is 8.38. The van der Waals surface area contributed by atoms with Crippen molar-refractivity contribution in [2.75, 3.05) is 4.72 Å². The molecule has 2 N–H and O–H groups in total. The number of fused-ring (bicyclic) bond motifs is 1. The first-order chi connectivity index (χ1) is 11.0. The fraction of sp³-hybridized carbons (Fsp3) is 0.125. The number of carbonyl (C=O) groups excluding carboxylic acids is 1. The van der Waals surface area contributed by atoms with Gasteiger partial charge >= 0.3 is 5.97 Å². The Morgan fingerprint density at radius 3 is 2.78 bits per heavy atom. The quantitative estimate of drug-likeness (QED) is 0.831. The van der Waals surface area contributed by atoms with Gasteiger partial charge in [-0.1, -0.05) is 23.7 Å². The Labute approximate surface area is 140 Å². The summed E-state index contributed by atoms with van der Waals surface area (Å²) >= 11 is 4.35. The van der Waals surface area contributed by atoms with Crippen molar-refractivity contribution >= 4 is 40.4 Å². The molecule has 2 atom stereocenters. The summed E-state index contributed by atoms with van der Waals surface area (Å²) in [5.41, 5.74) is 1.45. The zero-order valence-electron chi connectivity index (χ0n) is 11.8. The number of carboxylic acid groups (broad SMARTS) is 1. The fourth-order valence-corrected chi connectivity index (χ4v) is 3.88. The number of halogens is 1. The molecule has 0 fully saturated rings. The SMILES string of the molecule is O=C(O)c1ccc2c(c1)C(=O)C(Cc1cccc(Cl)c1)[S+]([O-])N2. The van der Waals surface area contributed by atoms with E-state index >= 15 is 0 Å². The first-order valence-electron chi connectivity index (χ1n) is 6.79. The summed E-state index contributed by atoms with van der Waals surface area (Å²) in [6.45, 7) is 0. The maximum atomic E-state index is 12.6. The van der Waals surface area contributed by atoms with Gasteiger partial charge in [0, 0.05) is 11.4 Å². The normalized spacial score (nSPS) is 19.8. The Balaban J connectivity index is 1.93. The second-order valence-electron chi connectivity index (χ2n) is 5.15. The number of carboxylic acids is 1. The fourth-order valence-electron chi connectivity index (χ4n) is 2.47. The molecule has 5 nitrogen and oxygen atoms in total. The molecule has 1 heterocycles. The van der Waals surface area contributed by atoms with Gasteiger partial charge in [-0.05, 0) is 35.9 Å². The number of rotatable bonds is 3. The zero-order chi connectivity index (χ0) is 16.6. The summed E-state index contributed by atoms with van der Waals surface area (Å²) in [4.78, 5) is 23.7. The molecule has 118 valence electrons. The van der Waals surface area contributed by atoms with Crippen molar-refractivity contribution in [3.8, 4) is 0 Å². The Morgan fingerprint density at radius 2 is 2.09 bits per heavy atom. The van der Waals surface area contributed by atoms with Crippen LogP contribution in [0.15, 0.2) is 42.5 Å². The van der Waals surface area contributed by atoms with Crippen LogP contribution in [0.2, 0.25) is 5.02 Å². The lowest BCUT2D eigenvalue weighted by molar-refractivity contribution is 0.0697. The number of carbonyl (C=O) groups is 2. The van der Waals surface area contributed by atoms with E-state index in [1.54, 1.807) is 24.3 Å². The van der Waals surface area contributed by atoms with Gasteiger partial charge in [0.15, 0.2) is 0 Å².